The molecule has 2 N–H and O–H groups in total. The van der Waals surface area contributed by atoms with Crippen molar-refractivity contribution < 1.29 is 5.11 Å². The number of phenolic OH excluding ortho intramolecular Hbond substituents is 1. The van der Waals surface area contributed by atoms with Crippen molar-refractivity contribution in [2.75, 3.05) is 5.32 Å². The van der Waals surface area contributed by atoms with Crippen LogP contribution in [0.2, 0.25) is 0 Å². The number of phenols is 1. The number of benzene rings is 2. The van der Waals surface area contributed by atoms with Gasteiger partial charge in [0.1, 0.15) is 5.75 Å². The van der Waals surface area contributed by atoms with Crippen LogP contribution in [0.5, 0.6) is 5.75 Å². The van der Waals surface area contributed by atoms with Crippen molar-refractivity contribution in [1.82, 2.24) is 0 Å². The maximum Gasteiger partial charge on any atom is 0.120 e. The fraction of sp³-hybridized carbons (Fsp3) is 0.333. The lowest BCUT2D eigenvalue weighted by atomic mass is 10.2. The summed E-state index contributed by atoms with van der Waals surface area (Å²) in [5.41, 5.74) is 2.01. The number of hydrogen-bond acceptors (Lipinski definition) is 3. The monoisotopic (exact) mass is 299 g/mol. The van der Waals surface area contributed by atoms with Crippen LogP contribution in [0.15, 0.2) is 53.4 Å². The van der Waals surface area contributed by atoms with Crippen LogP contribution >= 0.6 is 11.8 Å². The second-order valence-corrected chi connectivity index (χ2v) is 6.90. The molecule has 0 aliphatic heterocycles. The van der Waals surface area contributed by atoms with Crippen LogP contribution in [0.4, 0.5) is 5.69 Å². The van der Waals surface area contributed by atoms with Crippen LogP contribution in [0.3, 0.4) is 0 Å². The van der Waals surface area contributed by atoms with Crippen molar-refractivity contribution in [3.8, 4) is 5.75 Å². The van der Waals surface area contributed by atoms with E-state index in [9.17, 15) is 5.11 Å². The van der Waals surface area contributed by atoms with Crippen LogP contribution in [-0.4, -0.2) is 10.4 Å². The molecule has 2 aromatic rings. The molecule has 0 aromatic heterocycles. The number of thioether (sulfide) groups is 1. The zero-order valence-corrected chi connectivity index (χ0v) is 12.9. The average molecular weight is 299 g/mol. The third kappa shape index (κ3) is 3.94. The van der Waals surface area contributed by atoms with Gasteiger partial charge in [0.2, 0.25) is 0 Å². The molecule has 0 heterocycles. The Balaban J connectivity index is 1.55. The van der Waals surface area contributed by atoms with E-state index >= 15 is 0 Å². The van der Waals surface area contributed by atoms with Gasteiger partial charge < -0.3 is 10.4 Å². The van der Waals surface area contributed by atoms with E-state index in [2.05, 4.69) is 29.6 Å². The largest absolute Gasteiger partial charge is 0.508 e. The second kappa shape index (κ2) is 6.90. The highest BCUT2D eigenvalue weighted by atomic mass is 32.2. The molecular formula is C18H21NOS. The summed E-state index contributed by atoms with van der Waals surface area (Å²) in [7, 11) is 0. The van der Waals surface area contributed by atoms with Gasteiger partial charge >= 0.3 is 0 Å². The number of para-hydroxylation sites is 1. The third-order valence-electron chi connectivity index (χ3n) is 3.93. The predicted molar refractivity (Wildman–Crippen MR) is 90.0 cm³/mol. The Morgan fingerprint density at radius 2 is 1.71 bits per heavy atom. The van der Waals surface area contributed by atoms with Crippen molar-refractivity contribution in [2.24, 2.45) is 0 Å². The number of nitrogens with one attached hydrogen (secondary N) is 1. The van der Waals surface area contributed by atoms with Gasteiger partial charge in [0.15, 0.2) is 0 Å². The molecule has 1 saturated carbocycles. The maximum absolute atomic E-state index is 9.75. The minimum atomic E-state index is 0.346. The number of anilines is 1. The van der Waals surface area contributed by atoms with Crippen LogP contribution in [0, 0.1) is 0 Å². The molecular weight excluding hydrogens is 278 g/mol. The summed E-state index contributed by atoms with van der Waals surface area (Å²) in [6, 6.07) is 16.1. The van der Waals surface area contributed by atoms with Gasteiger partial charge in [-0.25, -0.2) is 0 Å². The Kier molecular flexibility index (Phi) is 4.71. The standard InChI is InChI=1S/C18H21NOS/c20-18-8-4-1-5-14(18)13-19-15-9-11-17(12-10-15)21-16-6-2-3-7-16/h1,4-5,8-12,16,19-20H,2-3,6-7,13H2. The molecule has 21 heavy (non-hydrogen) atoms. The van der Waals surface area contributed by atoms with Gasteiger partial charge in [0, 0.05) is 27.9 Å². The van der Waals surface area contributed by atoms with E-state index in [4.69, 9.17) is 0 Å². The lowest BCUT2D eigenvalue weighted by Crippen LogP contribution is -1.99. The summed E-state index contributed by atoms with van der Waals surface area (Å²) in [6.07, 6.45) is 5.49. The number of hydrogen-bond donors (Lipinski definition) is 2. The Labute approximate surface area is 130 Å². The van der Waals surface area contributed by atoms with Gasteiger partial charge in [-0.3, -0.25) is 0 Å². The Hall–Kier alpha value is -1.61. The van der Waals surface area contributed by atoms with Crippen LogP contribution in [-0.2, 0) is 6.54 Å². The third-order valence-corrected chi connectivity index (χ3v) is 5.28. The van der Waals surface area contributed by atoms with Gasteiger partial charge in [0.05, 0.1) is 0 Å². The topological polar surface area (TPSA) is 32.3 Å². The van der Waals surface area contributed by atoms with Crippen molar-refractivity contribution in [2.45, 2.75) is 42.4 Å². The van der Waals surface area contributed by atoms with Crippen molar-refractivity contribution in [1.29, 1.82) is 0 Å². The van der Waals surface area contributed by atoms with Crippen LogP contribution in [0.25, 0.3) is 0 Å². The van der Waals surface area contributed by atoms with E-state index in [1.165, 1.54) is 30.6 Å². The van der Waals surface area contributed by atoms with Gasteiger partial charge in [-0.2, -0.15) is 0 Å². The molecule has 0 bridgehead atoms. The van der Waals surface area contributed by atoms with Gasteiger partial charge in [-0.15, -0.1) is 11.8 Å². The molecule has 2 aromatic carbocycles. The van der Waals surface area contributed by atoms with Crippen LogP contribution < -0.4 is 5.32 Å². The van der Waals surface area contributed by atoms with E-state index in [0.717, 1.165) is 16.5 Å². The first-order valence-electron chi connectivity index (χ1n) is 7.59. The van der Waals surface area contributed by atoms with Crippen molar-refractivity contribution in [3.63, 3.8) is 0 Å². The molecule has 110 valence electrons. The first-order valence-corrected chi connectivity index (χ1v) is 8.47. The summed E-state index contributed by atoms with van der Waals surface area (Å²) in [4.78, 5) is 1.36. The molecule has 0 radical (unpaired) electrons. The minimum absolute atomic E-state index is 0.346. The van der Waals surface area contributed by atoms with Gasteiger partial charge in [0.25, 0.3) is 0 Å². The lowest BCUT2D eigenvalue weighted by molar-refractivity contribution is 0.469. The molecule has 1 aliphatic rings. The molecule has 0 amide bonds. The highest BCUT2D eigenvalue weighted by Gasteiger charge is 2.15. The summed E-state index contributed by atoms with van der Waals surface area (Å²) >= 11 is 2.01. The molecule has 1 fully saturated rings. The molecule has 3 rings (SSSR count). The zero-order chi connectivity index (χ0) is 14.5. The summed E-state index contributed by atoms with van der Waals surface area (Å²) in [5, 5.41) is 13.9. The highest BCUT2D eigenvalue weighted by Crippen LogP contribution is 2.35. The molecule has 3 heteroatoms. The van der Waals surface area contributed by atoms with E-state index in [-0.39, 0.29) is 0 Å². The van der Waals surface area contributed by atoms with E-state index in [1.54, 1.807) is 6.07 Å². The smallest absolute Gasteiger partial charge is 0.120 e. The molecule has 1 aliphatic carbocycles. The molecule has 0 spiro atoms. The van der Waals surface area contributed by atoms with E-state index in [1.807, 2.05) is 30.0 Å². The summed E-state index contributed by atoms with van der Waals surface area (Å²) in [6.45, 7) is 0.641. The predicted octanol–water partition coefficient (Wildman–Crippen LogP) is 5.04. The Bertz CT molecular complexity index is 576. The summed E-state index contributed by atoms with van der Waals surface area (Å²) in [5.74, 6) is 0.346. The van der Waals surface area contributed by atoms with Gasteiger partial charge in [-0.1, -0.05) is 31.0 Å². The van der Waals surface area contributed by atoms with Crippen LogP contribution in [0.1, 0.15) is 31.2 Å². The normalized spacial score (nSPS) is 15.2. The molecule has 0 saturated heterocycles. The minimum Gasteiger partial charge on any atom is -0.508 e. The fourth-order valence-corrected chi connectivity index (χ4v) is 3.95. The quantitative estimate of drug-likeness (QED) is 0.811. The number of rotatable bonds is 5. The average Bonchev–Trinajstić information content (AvgIpc) is 3.01. The lowest BCUT2D eigenvalue weighted by Gasteiger charge is -2.11. The maximum atomic E-state index is 9.75. The van der Waals surface area contributed by atoms with Crippen molar-refractivity contribution >= 4 is 17.4 Å². The zero-order valence-electron chi connectivity index (χ0n) is 12.1. The summed E-state index contributed by atoms with van der Waals surface area (Å²) < 4.78 is 0. The molecule has 2 nitrogen and oxygen atoms in total. The molecule has 0 unspecified atom stereocenters. The van der Waals surface area contributed by atoms with E-state index < -0.39 is 0 Å². The Morgan fingerprint density at radius 1 is 1.00 bits per heavy atom. The van der Waals surface area contributed by atoms with Crippen molar-refractivity contribution in [3.05, 3.63) is 54.1 Å². The Morgan fingerprint density at radius 3 is 2.43 bits per heavy atom. The van der Waals surface area contributed by atoms with Gasteiger partial charge in [-0.05, 0) is 43.2 Å². The first-order chi connectivity index (χ1) is 10.3. The highest BCUT2D eigenvalue weighted by molar-refractivity contribution is 8.00. The second-order valence-electron chi connectivity index (χ2n) is 5.53. The van der Waals surface area contributed by atoms with E-state index in [0.29, 0.717) is 12.3 Å². The molecule has 0 atom stereocenters. The first kappa shape index (κ1) is 14.3. The fourth-order valence-electron chi connectivity index (χ4n) is 2.71. The SMILES string of the molecule is Oc1ccccc1CNc1ccc(SC2CCCC2)cc1. The number of aromatic hydroxyl groups is 1.